The van der Waals surface area contributed by atoms with Gasteiger partial charge in [0.05, 0.1) is 13.0 Å². The van der Waals surface area contributed by atoms with E-state index in [1.807, 2.05) is 49.5 Å². The van der Waals surface area contributed by atoms with Gasteiger partial charge in [-0.25, -0.2) is 0 Å². The van der Waals surface area contributed by atoms with Crippen molar-refractivity contribution in [2.75, 3.05) is 14.2 Å². The number of rotatable bonds is 4. The van der Waals surface area contributed by atoms with Crippen molar-refractivity contribution in [2.24, 2.45) is 5.92 Å². The predicted molar refractivity (Wildman–Crippen MR) is 85.4 cm³/mol. The maximum atomic E-state index is 11.7. The quantitative estimate of drug-likeness (QED) is 0.881. The van der Waals surface area contributed by atoms with Gasteiger partial charge in [-0.15, -0.1) is 0 Å². The van der Waals surface area contributed by atoms with Crippen LogP contribution in [0.4, 0.5) is 0 Å². The first-order valence-electron chi connectivity index (χ1n) is 7.19. The first-order valence-corrected chi connectivity index (χ1v) is 7.19. The van der Waals surface area contributed by atoms with E-state index in [1.54, 1.807) is 14.2 Å². The third-order valence-electron chi connectivity index (χ3n) is 4.53. The minimum Gasteiger partial charge on any atom is -0.497 e. The highest BCUT2D eigenvalue weighted by molar-refractivity contribution is 5.85. The summed E-state index contributed by atoms with van der Waals surface area (Å²) in [5.41, 5.74) is 1.99. The van der Waals surface area contributed by atoms with Crippen molar-refractivity contribution in [1.82, 2.24) is 4.98 Å². The fourth-order valence-electron chi connectivity index (χ4n) is 3.41. The number of aromatic nitrogens is 1. The van der Waals surface area contributed by atoms with Crippen LogP contribution in [0.1, 0.15) is 12.5 Å². The Labute approximate surface area is 129 Å². The standard InChI is InChI=1S/C18H19NO3/c1-12-17(21-2)9-8-13(11-20)18(12,22-3)15-10-19-16-7-5-4-6-14(15)16/h4-11,13,19H,1-3H3. The summed E-state index contributed by atoms with van der Waals surface area (Å²) in [6.45, 7) is 1.95. The van der Waals surface area contributed by atoms with Crippen molar-refractivity contribution < 1.29 is 14.3 Å². The monoisotopic (exact) mass is 297 g/mol. The number of fused-ring (bicyclic) bond motifs is 1. The summed E-state index contributed by atoms with van der Waals surface area (Å²) in [5, 5.41) is 1.04. The van der Waals surface area contributed by atoms with Gasteiger partial charge in [0.25, 0.3) is 0 Å². The Morgan fingerprint density at radius 1 is 1.27 bits per heavy atom. The molecule has 1 heterocycles. The van der Waals surface area contributed by atoms with Crippen LogP contribution in [-0.4, -0.2) is 25.5 Å². The fourth-order valence-corrected chi connectivity index (χ4v) is 3.41. The van der Waals surface area contributed by atoms with Gasteiger partial charge in [0, 0.05) is 35.3 Å². The van der Waals surface area contributed by atoms with E-state index in [-0.39, 0.29) is 0 Å². The van der Waals surface area contributed by atoms with Crippen LogP contribution in [0.2, 0.25) is 0 Å². The van der Waals surface area contributed by atoms with E-state index in [0.717, 1.165) is 34.1 Å². The summed E-state index contributed by atoms with van der Waals surface area (Å²) in [6.07, 6.45) is 6.52. The number of nitrogens with one attached hydrogen (secondary N) is 1. The third kappa shape index (κ3) is 1.84. The molecule has 1 aliphatic carbocycles. The molecule has 1 aromatic heterocycles. The summed E-state index contributed by atoms with van der Waals surface area (Å²) in [6, 6.07) is 7.99. The largest absolute Gasteiger partial charge is 0.497 e. The van der Waals surface area contributed by atoms with Crippen LogP contribution in [0, 0.1) is 5.92 Å². The van der Waals surface area contributed by atoms with Gasteiger partial charge in [0.1, 0.15) is 17.6 Å². The molecular weight excluding hydrogens is 278 g/mol. The first-order chi connectivity index (χ1) is 10.7. The van der Waals surface area contributed by atoms with Crippen LogP contribution < -0.4 is 0 Å². The number of allylic oxidation sites excluding steroid dienone is 1. The second kappa shape index (κ2) is 5.46. The molecule has 0 saturated carbocycles. The van der Waals surface area contributed by atoms with E-state index in [0.29, 0.717) is 0 Å². The van der Waals surface area contributed by atoms with E-state index >= 15 is 0 Å². The molecule has 0 radical (unpaired) electrons. The van der Waals surface area contributed by atoms with E-state index in [1.165, 1.54) is 0 Å². The lowest BCUT2D eigenvalue weighted by atomic mass is 9.73. The summed E-state index contributed by atoms with van der Waals surface area (Å²) in [5.74, 6) is 0.320. The molecule has 3 rings (SSSR count). The molecule has 0 fully saturated rings. The van der Waals surface area contributed by atoms with Gasteiger partial charge in [0.2, 0.25) is 0 Å². The SMILES string of the molecule is COC1=C(C)C(OC)(c2c[nH]c3ccccc23)C(C=O)C=C1. The summed E-state index contributed by atoms with van der Waals surface area (Å²) in [7, 11) is 3.26. The van der Waals surface area contributed by atoms with Gasteiger partial charge in [-0.2, -0.15) is 0 Å². The normalized spacial score (nSPS) is 24.8. The van der Waals surface area contributed by atoms with Crippen molar-refractivity contribution >= 4 is 17.2 Å². The molecule has 1 aromatic carbocycles. The zero-order chi connectivity index (χ0) is 15.7. The molecule has 114 valence electrons. The minimum absolute atomic E-state index is 0.407. The average molecular weight is 297 g/mol. The Hall–Kier alpha value is -2.33. The van der Waals surface area contributed by atoms with Gasteiger partial charge < -0.3 is 19.3 Å². The maximum absolute atomic E-state index is 11.7. The zero-order valence-corrected chi connectivity index (χ0v) is 12.9. The number of carbonyl (C=O) groups excluding carboxylic acids is 1. The number of aromatic amines is 1. The van der Waals surface area contributed by atoms with E-state index in [2.05, 4.69) is 4.98 Å². The van der Waals surface area contributed by atoms with Crippen LogP contribution in [0.15, 0.2) is 53.9 Å². The molecule has 2 atom stereocenters. The van der Waals surface area contributed by atoms with Crippen molar-refractivity contribution in [1.29, 1.82) is 0 Å². The molecule has 0 bridgehead atoms. The molecule has 22 heavy (non-hydrogen) atoms. The van der Waals surface area contributed by atoms with Crippen LogP contribution in [0.25, 0.3) is 10.9 Å². The second-order valence-electron chi connectivity index (χ2n) is 5.40. The Balaban J connectivity index is 2.32. The number of hydrogen-bond donors (Lipinski definition) is 1. The fraction of sp³-hybridized carbons (Fsp3) is 0.278. The average Bonchev–Trinajstić information content (AvgIpc) is 2.99. The molecule has 0 amide bonds. The molecular formula is C18H19NO3. The number of hydrogen-bond acceptors (Lipinski definition) is 3. The highest BCUT2D eigenvalue weighted by atomic mass is 16.5. The smallest absolute Gasteiger partial charge is 0.132 e. The van der Waals surface area contributed by atoms with Gasteiger partial charge in [-0.1, -0.05) is 24.3 Å². The number of carbonyl (C=O) groups is 1. The molecule has 0 saturated heterocycles. The van der Waals surface area contributed by atoms with Crippen molar-refractivity contribution in [3.8, 4) is 0 Å². The first kappa shape index (κ1) is 14.6. The molecule has 0 spiro atoms. The van der Waals surface area contributed by atoms with Crippen LogP contribution in [0.5, 0.6) is 0 Å². The number of methoxy groups -OCH3 is 2. The third-order valence-corrected chi connectivity index (χ3v) is 4.53. The minimum atomic E-state index is -0.860. The zero-order valence-electron chi connectivity index (χ0n) is 12.9. The lowest BCUT2D eigenvalue weighted by molar-refractivity contribution is -0.118. The topological polar surface area (TPSA) is 51.3 Å². The number of benzene rings is 1. The lowest BCUT2D eigenvalue weighted by Gasteiger charge is -2.39. The summed E-state index contributed by atoms with van der Waals surface area (Å²) < 4.78 is 11.4. The predicted octanol–water partition coefficient (Wildman–Crippen LogP) is 3.31. The number of ether oxygens (including phenoxy) is 2. The highest BCUT2D eigenvalue weighted by Gasteiger charge is 2.46. The second-order valence-corrected chi connectivity index (χ2v) is 5.40. The Morgan fingerprint density at radius 3 is 2.73 bits per heavy atom. The number of para-hydroxylation sites is 1. The molecule has 0 aliphatic heterocycles. The summed E-state index contributed by atoms with van der Waals surface area (Å²) in [4.78, 5) is 15.0. The van der Waals surface area contributed by atoms with Crippen molar-refractivity contribution in [3.63, 3.8) is 0 Å². The maximum Gasteiger partial charge on any atom is 0.132 e. The Morgan fingerprint density at radius 2 is 2.05 bits per heavy atom. The number of H-pyrrole nitrogens is 1. The van der Waals surface area contributed by atoms with E-state index in [4.69, 9.17) is 9.47 Å². The highest BCUT2D eigenvalue weighted by Crippen LogP contribution is 2.46. The van der Waals surface area contributed by atoms with Crippen LogP contribution >= 0.6 is 0 Å². The Bertz CT molecular complexity index is 771. The molecule has 4 nitrogen and oxygen atoms in total. The van der Waals surface area contributed by atoms with E-state index in [9.17, 15) is 4.79 Å². The molecule has 2 aromatic rings. The molecule has 4 heteroatoms. The van der Waals surface area contributed by atoms with Gasteiger partial charge >= 0.3 is 0 Å². The van der Waals surface area contributed by atoms with Crippen LogP contribution in [-0.2, 0) is 19.9 Å². The van der Waals surface area contributed by atoms with Crippen molar-refractivity contribution in [3.05, 3.63) is 59.5 Å². The van der Waals surface area contributed by atoms with Gasteiger partial charge in [-0.3, -0.25) is 0 Å². The van der Waals surface area contributed by atoms with Gasteiger partial charge in [0.15, 0.2) is 0 Å². The van der Waals surface area contributed by atoms with Crippen molar-refractivity contribution in [2.45, 2.75) is 12.5 Å². The lowest BCUT2D eigenvalue weighted by Crippen LogP contribution is -2.40. The molecule has 1 aliphatic rings. The van der Waals surface area contributed by atoms with E-state index < -0.39 is 11.5 Å². The molecule has 1 N–H and O–H groups in total. The number of aldehydes is 1. The Kier molecular flexibility index (Phi) is 3.62. The van der Waals surface area contributed by atoms with Gasteiger partial charge in [-0.05, 0) is 19.1 Å². The van der Waals surface area contributed by atoms with Crippen LogP contribution in [0.3, 0.4) is 0 Å². The summed E-state index contributed by atoms with van der Waals surface area (Å²) >= 11 is 0. The molecule has 2 unspecified atom stereocenters.